The van der Waals surface area contributed by atoms with Gasteiger partial charge in [0.05, 0.1) is 12.0 Å². The van der Waals surface area contributed by atoms with E-state index in [9.17, 15) is 17.6 Å². The SMILES string of the molecule is COc1ccc(C(=O)N2c3cc(CNS(=O)(=O)c4cccc(F)c4)ccc3CC2C)cc1. The number of methoxy groups -OCH3 is 1. The van der Waals surface area contributed by atoms with Crippen LogP contribution in [-0.4, -0.2) is 27.5 Å². The fraction of sp³-hybridized carbons (Fsp3) is 0.208. The van der Waals surface area contributed by atoms with Gasteiger partial charge >= 0.3 is 0 Å². The van der Waals surface area contributed by atoms with E-state index in [1.54, 1.807) is 36.3 Å². The number of nitrogens with one attached hydrogen (secondary N) is 1. The maximum Gasteiger partial charge on any atom is 0.258 e. The Labute approximate surface area is 186 Å². The summed E-state index contributed by atoms with van der Waals surface area (Å²) in [6, 6.07) is 17.3. The van der Waals surface area contributed by atoms with E-state index in [1.165, 1.54) is 18.2 Å². The van der Waals surface area contributed by atoms with Gasteiger partial charge in [-0.25, -0.2) is 17.5 Å². The largest absolute Gasteiger partial charge is 0.497 e. The standard InChI is InChI=1S/C24H23FN2O4S/c1-16-12-19-7-6-17(15-26-32(29,30)22-5-3-4-20(25)14-22)13-23(19)27(16)24(28)18-8-10-21(31-2)11-9-18/h3-11,13-14,16,26H,12,15H2,1-2H3. The van der Waals surface area contributed by atoms with Crippen molar-refractivity contribution in [3.63, 3.8) is 0 Å². The van der Waals surface area contributed by atoms with Gasteiger partial charge in [-0.3, -0.25) is 4.79 Å². The quantitative estimate of drug-likeness (QED) is 0.613. The Hall–Kier alpha value is -3.23. The van der Waals surface area contributed by atoms with Gasteiger partial charge < -0.3 is 9.64 Å². The van der Waals surface area contributed by atoms with Crippen molar-refractivity contribution in [3.05, 3.63) is 89.2 Å². The fourth-order valence-corrected chi connectivity index (χ4v) is 4.89. The normalized spacial score (nSPS) is 15.5. The minimum absolute atomic E-state index is 0.0189. The Kier molecular flexibility index (Phi) is 5.99. The van der Waals surface area contributed by atoms with Crippen LogP contribution in [0.25, 0.3) is 0 Å². The molecule has 6 nitrogen and oxygen atoms in total. The Balaban J connectivity index is 1.56. The number of sulfonamides is 1. The lowest BCUT2D eigenvalue weighted by Crippen LogP contribution is -2.35. The van der Waals surface area contributed by atoms with Crippen LogP contribution in [0, 0.1) is 5.82 Å². The van der Waals surface area contributed by atoms with E-state index in [0.29, 0.717) is 23.3 Å². The average molecular weight is 455 g/mol. The van der Waals surface area contributed by atoms with E-state index in [0.717, 1.165) is 17.3 Å². The first-order valence-corrected chi connectivity index (χ1v) is 11.6. The predicted molar refractivity (Wildman–Crippen MR) is 120 cm³/mol. The summed E-state index contributed by atoms with van der Waals surface area (Å²) in [7, 11) is -2.30. The number of carbonyl (C=O) groups excluding carboxylic acids is 1. The lowest BCUT2D eigenvalue weighted by atomic mass is 10.1. The molecule has 166 valence electrons. The van der Waals surface area contributed by atoms with E-state index in [4.69, 9.17) is 4.74 Å². The van der Waals surface area contributed by atoms with Gasteiger partial charge in [-0.05, 0) is 73.0 Å². The van der Waals surface area contributed by atoms with Crippen LogP contribution in [0.3, 0.4) is 0 Å². The Morgan fingerprint density at radius 2 is 1.88 bits per heavy atom. The summed E-state index contributed by atoms with van der Waals surface area (Å²) >= 11 is 0. The van der Waals surface area contributed by atoms with Crippen molar-refractivity contribution in [1.82, 2.24) is 4.72 Å². The molecular weight excluding hydrogens is 431 g/mol. The van der Waals surface area contributed by atoms with Gasteiger partial charge in [0, 0.05) is 23.8 Å². The third kappa shape index (κ3) is 4.37. The second kappa shape index (κ2) is 8.72. The average Bonchev–Trinajstić information content (AvgIpc) is 3.12. The minimum Gasteiger partial charge on any atom is -0.497 e. The first-order valence-electron chi connectivity index (χ1n) is 10.1. The van der Waals surface area contributed by atoms with Crippen molar-refractivity contribution >= 4 is 21.6 Å². The van der Waals surface area contributed by atoms with Crippen molar-refractivity contribution in [2.45, 2.75) is 30.8 Å². The highest BCUT2D eigenvalue weighted by molar-refractivity contribution is 7.89. The molecule has 0 radical (unpaired) electrons. The maximum absolute atomic E-state index is 13.4. The molecule has 1 heterocycles. The van der Waals surface area contributed by atoms with Gasteiger partial charge in [-0.2, -0.15) is 0 Å². The minimum atomic E-state index is -3.87. The molecule has 0 saturated heterocycles. The van der Waals surface area contributed by atoms with Crippen LogP contribution in [-0.2, 0) is 23.0 Å². The zero-order valence-electron chi connectivity index (χ0n) is 17.7. The number of rotatable bonds is 6. The van der Waals surface area contributed by atoms with Crippen molar-refractivity contribution in [2.75, 3.05) is 12.0 Å². The molecule has 1 amide bonds. The van der Waals surface area contributed by atoms with Gasteiger partial charge in [0.2, 0.25) is 10.0 Å². The number of fused-ring (bicyclic) bond motifs is 1. The van der Waals surface area contributed by atoms with Gasteiger partial charge in [-0.15, -0.1) is 0 Å². The summed E-state index contributed by atoms with van der Waals surface area (Å²) in [6.07, 6.45) is 0.715. The van der Waals surface area contributed by atoms with E-state index in [1.807, 2.05) is 25.1 Å². The lowest BCUT2D eigenvalue weighted by Gasteiger charge is -2.23. The number of nitrogens with zero attached hydrogens (tertiary/aromatic N) is 1. The van der Waals surface area contributed by atoms with Crippen LogP contribution < -0.4 is 14.4 Å². The molecule has 1 N–H and O–H groups in total. The molecule has 4 rings (SSSR count). The van der Waals surface area contributed by atoms with Crippen LogP contribution >= 0.6 is 0 Å². The summed E-state index contributed by atoms with van der Waals surface area (Å²) < 4.78 is 46.1. The smallest absolute Gasteiger partial charge is 0.258 e. The molecular formula is C24H23FN2O4S. The molecule has 3 aromatic carbocycles. The molecule has 32 heavy (non-hydrogen) atoms. The number of halogens is 1. The topological polar surface area (TPSA) is 75.7 Å². The number of anilines is 1. The van der Waals surface area contributed by atoms with Crippen molar-refractivity contribution < 1.29 is 22.3 Å². The third-order valence-corrected chi connectivity index (χ3v) is 6.89. The van der Waals surface area contributed by atoms with Crippen LogP contribution in [0.1, 0.15) is 28.4 Å². The second-order valence-electron chi connectivity index (χ2n) is 7.70. The number of carbonyl (C=O) groups is 1. The molecule has 3 aromatic rings. The first-order chi connectivity index (χ1) is 15.3. The molecule has 0 bridgehead atoms. The van der Waals surface area contributed by atoms with Crippen molar-refractivity contribution in [3.8, 4) is 5.75 Å². The van der Waals surface area contributed by atoms with E-state index in [-0.39, 0.29) is 23.4 Å². The molecule has 0 aliphatic carbocycles. The Morgan fingerprint density at radius 1 is 1.12 bits per heavy atom. The fourth-order valence-electron chi connectivity index (χ4n) is 3.84. The number of ether oxygens (including phenoxy) is 1. The molecule has 0 spiro atoms. The highest BCUT2D eigenvalue weighted by Crippen LogP contribution is 2.34. The van der Waals surface area contributed by atoms with Gasteiger partial charge in [-0.1, -0.05) is 18.2 Å². The number of amides is 1. The number of hydrogen-bond acceptors (Lipinski definition) is 4. The van der Waals surface area contributed by atoms with Crippen LogP contribution in [0.4, 0.5) is 10.1 Å². The molecule has 0 fully saturated rings. The molecule has 1 aliphatic rings. The Morgan fingerprint density at radius 3 is 2.56 bits per heavy atom. The summed E-state index contributed by atoms with van der Waals surface area (Å²) in [5.74, 6) is -0.0761. The highest BCUT2D eigenvalue weighted by atomic mass is 32.2. The third-order valence-electron chi connectivity index (χ3n) is 5.49. The van der Waals surface area contributed by atoms with Crippen LogP contribution in [0.2, 0.25) is 0 Å². The van der Waals surface area contributed by atoms with E-state index < -0.39 is 15.8 Å². The van der Waals surface area contributed by atoms with Crippen molar-refractivity contribution in [1.29, 1.82) is 0 Å². The molecule has 1 aliphatic heterocycles. The van der Waals surface area contributed by atoms with Crippen LogP contribution in [0.15, 0.2) is 71.6 Å². The predicted octanol–water partition coefficient (Wildman–Crippen LogP) is 3.90. The Bertz CT molecular complexity index is 1260. The summed E-state index contributed by atoms with van der Waals surface area (Å²) in [5, 5.41) is 0. The lowest BCUT2D eigenvalue weighted by molar-refractivity contribution is 0.0981. The monoisotopic (exact) mass is 454 g/mol. The highest BCUT2D eigenvalue weighted by Gasteiger charge is 2.31. The zero-order chi connectivity index (χ0) is 22.9. The number of hydrogen-bond donors (Lipinski definition) is 1. The first kappa shape index (κ1) is 22.0. The summed E-state index contributed by atoms with van der Waals surface area (Å²) in [6.45, 7) is 2.00. The van der Waals surface area contributed by atoms with E-state index in [2.05, 4.69) is 4.72 Å². The molecule has 8 heteroatoms. The van der Waals surface area contributed by atoms with E-state index >= 15 is 0 Å². The molecule has 1 atom stereocenters. The summed E-state index contributed by atoms with van der Waals surface area (Å²) in [4.78, 5) is 14.8. The zero-order valence-corrected chi connectivity index (χ0v) is 18.5. The van der Waals surface area contributed by atoms with Crippen molar-refractivity contribution in [2.24, 2.45) is 0 Å². The van der Waals surface area contributed by atoms with Gasteiger partial charge in [0.25, 0.3) is 5.91 Å². The maximum atomic E-state index is 13.4. The molecule has 0 saturated carbocycles. The molecule has 0 aromatic heterocycles. The summed E-state index contributed by atoms with van der Waals surface area (Å²) in [5.41, 5.74) is 3.03. The number of benzene rings is 3. The van der Waals surface area contributed by atoms with Crippen LogP contribution in [0.5, 0.6) is 5.75 Å². The van der Waals surface area contributed by atoms with Gasteiger partial charge in [0.15, 0.2) is 0 Å². The second-order valence-corrected chi connectivity index (χ2v) is 9.47. The van der Waals surface area contributed by atoms with Gasteiger partial charge in [0.1, 0.15) is 11.6 Å². The molecule has 1 unspecified atom stereocenters.